The molecule has 0 bridgehead atoms. The molecule has 0 radical (unpaired) electrons. The third-order valence-electron chi connectivity index (χ3n) is 6.44. The van der Waals surface area contributed by atoms with Gasteiger partial charge >= 0.3 is 0 Å². The number of ether oxygens (including phenoxy) is 3. The first-order valence-electron chi connectivity index (χ1n) is 12.4. The van der Waals surface area contributed by atoms with Crippen LogP contribution in [0.15, 0.2) is 42.7 Å². The fourth-order valence-corrected chi connectivity index (χ4v) is 4.25. The van der Waals surface area contributed by atoms with Crippen LogP contribution in [0.5, 0.6) is 17.2 Å². The van der Waals surface area contributed by atoms with Crippen LogP contribution in [0.2, 0.25) is 0 Å². The minimum atomic E-state index is -0.594. The Morgan fingerprint density at radius 2 is 1.74 bits per heavy atom. The maximum Gasteiger partial charge on any atom is 0.251 e. The maximum atomic E-state index is 14.7. The molecule has 11 heteroatoms. The number of carbonyl (C=O) groups excluding carboxylic acids is 1. The number of halogens is 1. The van der Waals surface area contributed by atoms with Crippen molar-refractivity contribution < 1.29 is 23.4 Å². The molecule has 0 saturated carbocycles. The first kappa shape index (κ1) is 26.9. The Morgan fingerprint density at radius 1 is 1.03 bits per heavy atom. The summed E-state index contributed by atoms with van der Waals surface area (Å²) in [6.45, 7) is 7.08. The number of nitrogens with one attached hydrogen (secondary N) is 2. The summed E-state index contributed by atoms with van der Waals surface area (Å²) in [6, 6.07) is 8.69. The van der Waals surface area contributed by atoms with E-state index in [1.807, 2.05) is 18.2 Å². The minimum absolute atomic E-state index is 0.0369. The Labute approximate surface area is 221 Å². The number of carbonyl (C=O) groups is 1. The van der Waals surface area contributed by atoms with Gasteiger partial charge in [0.15, 0.2) is 17.3 Å². The average molecular weight is 525 g/mol. The highest BCUT2D eigenvalue weighted by Crippen LogP contribution is 2.33. The van der Waals surface area contributed by atoms with Crippen molar-refractivity contribution >= 4 is 23.2 Å². The molecule has 38 heavy (non-hydrogen) atoms. The second kappa shape index (κ2) is 12.4. The second-order valence-electron chi connectivity index (χ2n) is 8.69. The highest BCUT2D eigenvalue weighted by Gasteiger charge is 2.19. The molecule has 1 amide bonds. The summed E-state index contributed by atoms with van der Waals surface area (Å²) in [6.07, 6.45) is 2.98. The molecular formula is C27H33FN6O4. The fraction of sp³-hybridized carbons (Fsp3) is 0.370. The topological polar surface area (TPSA) is 101 Å². The first-order valence-corrected chi connectivity index (χ1v) is 12.4. The molecule has 2 heterocycles. The van der Waals surface area contributed by atoms with Crippen LogP contribution in [-0.4, -0.2) is 74.8 Å². The van der Waals surface area contributed by atoms with Gasteiger partial charge in [-0.2, -0.15) is 0 Å². The lowest BCUT2D eigenvalue weighted by Gasteiger charge is -2.36. The molecule has 1 saturated heterocycles. The minimum Gasteiger partial charge on any atom is -0.495 e. The van der Waals surface area contributed by atoms with Crippen molar-refractivity contribution in [3.63, 3.8) is 0 Å². The van der Waals surface area contributed by atoms with Gasteiger partial charge in [0.1, 0.15) is 12.4 Å². The highest BCUT2D eigenvalue weighted by molar-refractivity contribution is 5.94. The summed E-state index contributed by atoms with van der Waals surface area (Å²) in [7, 11) is 4.50. The summed E-state index contributed by atoms with van der Waals surface area (Å²) in [5.41, 5.74) is 2.28. The van der Waals surface area contributed by atoms with E-state index in [1.165, 1.54) is 38.7 Å². The molecule has 4 rings (SSSR count). The Balaban J connectivity index is 1.40. The van der Waals surface area contributed by atoms with E-state index < -0.39 is 5.82 Å². The number of nitrogens with zero attached hydrogens (tertiary/aromatic N) is 4. The number of likely N-dealkylation sites (N-methyl/N-ethyl adjacent to an activating group) is 1. The number of hydrogen-bond donors (Lipinski definition) is 2. The molecule has 3 aromatic rings. The van der Waals surface area contributed by atoms with Gasteiger partial charge in [-0.05, 0) is 30.8 Å². The van der Waals surface area contributed by atoms with E-state index in [-0.39, 0.29) is 29.4 Å². The van der Waals surface area contributed by atoms with Crippen molar-refractivity contribution in [2.45, 2.75) is 13.5 Å². The van der Waals surface area contributed by atoms with Crippen LogP contribution in [-0.2, 0) is 6.61 Å². The third kappa shape index (κ3) is 6.23. The molecule has 2 aromatic carbocycles. The van der Waals surface area contributed by atoms with Crippen molar-refractivity contribution in [2.24, 2.45) is 0 Å². The summed E-state index contributed by atoms with van der Waals surface area (Å²) in [5.74, 6) is 0.508. The summed E-state index contributed by atoms with van der Waals surface area (Å²) in [5, 5.41) is 5.68. The quantitative estimate of drug-likeness (QED) is 0.413. The lowest BCUT2D eigenvalue weighted by atomic mass is 10.1. The molecule has 1 aromatic heterocycles. The third-order valence-corrected chi connectivity index (χ3v) is 6.44. The largest absolute Gasteiger partial charge is 0.495 e. The van der Waals surface area contributed by atoms with E-state index in [0.717, 1.165) is 49.8 Å². The number of benzene rings is 2. The SMILES string of the molecule is CCN1CCN(c2ccc(Nc3ncc(OCc4cc(C(=O)NC)cc(OC)c4F)cn3)cc2OC)CC1. The van der Waals surface area contributed by atoms with Gasteiger partial charge in [0.2, 0.25) is 5.95 Å². The number of methoxy groups -OCH3 is 2. The van der Waals surface area contributed by atoms with Crippen LogP contribution in [0.1, 0.15) is 22.8 Å². The van der Waals surface area contributed by atoms with E-state index in [2.05, 4.69) is 37.3 Å². The summed E-state index contributed by atoms with van der Waals surface area (Å²) >= 11 is 0. The van der Waals surface area contributed by atoms with Crippen LogP contribution in [0.4, 0.5) is 21.7 Å². The van der Waals surface area contributed by atoms with E-state index >= 15 is 0 Å². The van der Waals surface area contributed by atoms with Gasteiger partial charge in [-0.25, -0.2) is 14.4 Å². The summed E-state index contributed by atoms with van der Waals surface area (Å²) in [4.78, 5) is 25.4. The van der Waals surface area contributed by atoms with Gasteiger partial charge in [-0.15, -0.1) is 0 Å². The molecular weight excluding hydrogens is 491 g/mol. The van der Waals surface area contributed by atoms with Crippen LogP contribution in [0.25, 0.3) is 0 Å². The molecule has 0 spiro atoms. The number of rotatable bonds is 10. The molecule has 1 aliphatic heterocycles. The Kier molecular flexibility index (Phi) is 8.80. The lowest BCUT2D eigenvalue weighted by molar-refractivity contribution is 0.0962. The van der Waals surface area contributed by atoms with Gasteiger partial charge < -0.3 is 34.6 Å². The molecule has 2 N–H and O–H groups in total. The molecule has 1 aliphatic rings. The Bertz CT molecular complexity index is 1250. The smallest absolute Gasteiger partial charge is 0.251 e. The van der Waals surface area contributed by atoms with Crippen LogP contribution >= 0.6 is 0 Å². The van der Waals surface area contributed by atoms with Crippen molar-refractivity contribution in [1.29, 1.82) is 0 Å². The van der Waals surface area contributed by atoms with Gasteiger partial charge in [-0.1, -0.05) is 6.92 Å². The number of hydrogen-bond acceptors (Lipinski definition) is 9. The average Bonchev–Trinajstić information content (AvgIpc) is 2.97. The highest BCUT2D eigenvalue weighted by atomic mass is 19.1. The van der Waals surface area contributed by atoms with Gasteiger partial charge in [-0.3, -0.25) is 4.79 Å². The van der Waals surface area contributed by atoms with E-state index in [4.69, 9.17) is 14.2 Å². The number of amides is 1. The van der Waals surface area contributed by atoms with Crippen LogP contribution in [0, 0.1) is 5.82 Å². The molecule has 1 fully saturated rings. The van der Waals surface area contributed by atoms with E-state index in [1.54, 1.807) is 7.11 Å². The number of anilines is 3. The fourth-order valence-electron chi connectivity index (χ4n) is 4.25. The first-order chi connectivity index (χ1) is 18.4. The molecule has 0 atom stereocenters. The number of aromatic nitrogens is 2. The molecule has 0 unspecified atom stereocenters. The maximum absolute atomic E-state index is 14.7. The molecule has 0 aliphatic carbocycles. The van der Waals surface area contributed by atoms with Crippen molar-refractivity contribution in [2.75, 3.05) is 64.2 Å². The zero-order valence-electron chi connectivity index (χ0n) is 22.1. The van der Waals surface area contributed by atoms with Crippen molar-refractivity contribution in [1.82, 2.24) is 20.2 Å². The van der Waals surface area contributed by atoms with Gasteiger partial charge in [0.05, 0.1) is 32.3 Å². The Morgan fingerprint density at radius 3 is 2.37 bits per heavy atom. The predicted octanol–water partition coefficient (Wildman–Crippen LogP) is 3.46. The van der Waals surface area contributed by atoms with Gasteiger partial charge in [0.25, 0.3) is 5.91 Å². The van der Waals surface area contributed by atoms with E-state index in [0.29, 0.717) is 11.7 Å². The lowest BCUT2D eigenvalue weighted by Crippen LogP contribution is -2.46. The predicted molar refractivity (Wildman–Crippen MR) is 143 cm³/mol. The van der Waals surface area contributed by atoms with Crippen LogP contribution < -0.4 is 29.7 Å². The Hall–Kier alpha value is -4.12. The zero-order chi connectivity index (χ0) is 27.1. The summed E-state index contributed by atoms with van der Waals surface area (Å²) < 4.78 is 31.1. The normalized spacial score (nSPS) is 13.7. The van der Waals surface area contributed by atoms with Crippen molar-refractivity contribution in [3.05, 3.63) is 59.7 Å². The molecule has 202 valence electrons. The zero-order valence-corrected chi connectivity index (χ0v) is 22.1. The van der Waals surface area contributed by atoms with Gasteiger partial charge in [0, 0.05) is 56.1 Å². The number of piperazine rings is 1. The van der Waals surface area contributed by atoms with E-state index in [9.17, 15) is 9.18 Å². The monoisotopic (exact) mass is 524 g/mol. The standard InChI is InChI=1S/C27H33FN6O4/c1-5-33-8-10-34(11-9-33)22-7-6-20(14-23(22)36-3)32-27-30-15-21(16-31-27)38-17-19-12-18(26(35)29-2)13-24(37-4)25(19)28/h6-7,12-16H,5,8-11,17H2,1-4H3,(H,29,35)(H,30,31,32). The van der Waals surface area contributed by atoms with Crippen LogP contribution in [0.3, 0.4) is 0 Å². The van der Waals surface area contributed by atoms with Crippen molar-refractivity contribution in [3.8, 4) is 17.2 Å². The second-order valence-corrected chi connectivity index (χ2v) is 8.69. The molecule has 10 nitrogen and oxygen atoms in total.